The van der Waals surface area contributed by atoms with Crippen molar-refractivity contribution in [1.82, 2.24) is 0 Å². The summed E-state index contributed by atoms with van der Waals surface area (Å²) in [6, 6.07) is 12.9. The summed E-state index contributed by atoms with van der Waals surface area (Å²) in [6.45, 7) is 12.2. The topological polar surface area (TPSA) is 0 Å². The van der Waals surface area contributed by atoms with Crippen LogP contribution in [0.25, 0.3) is 16.3 Å². The lowest BCUT2D eigenvalue weighted by Crippen LogP contribution is -1.85. The fourth-order valence-corrected chi connectivity index (χ4v) is 1.81. The van der Waals surface area contributed by atoms with Crippen molar-refractivity contribution in [2.75, 3.05) is 0 Å². The molecule has 0 N–H and O–H groups in total. The lowest BCUT2D eigenvalue weighted by molar-refractivity contribution is 1.44. The third-order valence-corrected chi connectivity index (χ3v) is 2.55. The normalized spacial score (nSPS) is 9.50. The minimum Gasteiger partial charge on any atom is -0.0955 e. The standard InChI is InChI=1S/C14H14.C2H6/c1-10(2)14-9-13-7-5-4-6-12(13)8-11(14)3;1-2/h4-9H,1H2,2-3H3;1-2H3. The Hall–Kier alpha value is -1.56. The Bertz CT molecular complexity index is 492. The van der Waals surface area contributed by atoms with Crippen molar-refractivity contribution in [3.63, 3.8) is 0 Å². The van der Waals surface area contributed by atoms with E-state index >= 15 is 0 Å². The highest BCUT2D eigenvalue weighted by atomic mass is 14.1. The molecule has 0 atom stereocenters. The first kappa shape index (κ1) is 12.5. The zero-order valence-electron chi connectivity index (χ0n) is 10.7. The minimum absolute atomic E-state index is 1.13. The molecule has 0 aliphatic rings. The largest absolute Gasteiger partial charge is 0.0955 e. The molecule has 0 heteroatoms. The van der Waals surface area contributed by atoms with Crippen molar-refractivity contribution in [3.05, 3.63) is 54.1 Å². The van der Waals surface area contributed by atoms with Crippen LogP contribution < -0.4 is 0 Å². The van der Waals surface area contributed by atoms with E-state index in [-0.39, 0.29) is 0 Å². The van der Waals surface area contributed by atoms with E-state index in [4.69, 9.17) is 0 Å². The van der Waals surface area contributed by atoms with Gasteiger partial charge in [-0.1, -0.05) is 56.3 Å². The first-order valence-corrected chi connectivity index (χ1v) is 5.84. The summed E-state index contributed by atoms with van der Waals surface area (Å²) in [5.41, 5.74) is 3.70. The molecule has 2 aromatic carbocycles. The highest BCUT2D eigenvalue weighted by molar-refractivity contribution is 5.87. The van der Waals surface area contributed by atoms with Gasteiger partial charge in [0, 0.05) is 0 Å². The van der Waals surface area contributed by atoms with Gasteiger partial charge in [0.1, 0.15) is 0 Å². The molecule has 0 radical (unpaired) electrons. The maximum atomic E-state index is 3.99. The number of rotatable bonds is 1. The smallest absolute Gasteiger partial charge is 0.0178 e. The second-order valence-corrected chi connectivity index (χ2v) is 3.79. The Kier molecular flexibility index (Phi) is 4.30. The van der Waals surface area contributed by atoms with Gasteiger partial charge in [0.2, 0.25) is 0 Å². The van der Waals surface area contributed by atoms with Gasteiger partial charge in [-0.3, -0.25) is 0 Å². The van der Waals surface area contributed by atoms with Crippen LogP contribution in [-0.2, 0) is 0 Å². The molecular weight excluding hydrogens is 192 g/mol. The zero-order valence-corrected chi connectivity index (χ0v) is 10.7. The molecule has 0 bridgehead atoms. The molecule has 0 spiro atoms. The lowest BCUT2D eigenvalue weighted by Gasteiger charge is -2.07. The Morgan fingerprint density at radius 2 is 1.50 bits per heavy atom. The average Bonchev–Trinajstić information content (AvgIpc) is 2.30. The van der Waals surface area contributed by atoms with E-state index < -0.39 is 0 Å². The molecule has 0 saturated heterocycles. The summed E-state index contributed by atoms with van der Waals surface area (Å²) in [5.74, 6) is 0. The molecular formula is C16H20. The van der Waals surface area contributed by atoms with Gasteiger partial charge in [0.25, 0.3) is 0 Å². The Morgan fingerprint density at radius 3 is 2.00 bits per heavy atom. The maximum Gasteiger partial charge on any atom is -0.0178 e. The SMILES string of the molecule is C=C(C)c1cc2ccccc2cc1C.CC. The summed E-state index contributed by atoms with van der Waals surface area (Å²) in [7, 11) is 0. The number of benzene rings is 2. The summed E-state index contributed by atoms with van der Waals surface area (Å²) < 4.78 is 0. The van der Waals surface area contributed by atoms with E-state index in [0.717, 1.165) is 5.57 Å². The van der Waals surface area contributed by atoms with E-state index in [1.54, 1.807) is 0 Å². The van der Waals surface area contributed by atoms with Crippen molar-refractivity contribution in [1.29, 1.82) is 0 Å². The third kappa shape index (κ3) is 2.52. The molecule has 2 rings (SSSR count). The van der Waals surface area contributed by atoms with Gasteiger partial charge in [0.05, 0.1) is 0 Å². The van der Waals surface area contributed by atoms with Gasteiger partial charge in [-0.25, -0.2) is 0 Å². The van der Waals surface area contributed by atoms with Gasteiger partial charge in [-0.05, 0) is 41.8 Å². The van der Waals surface area contributed by atoms with Gasteiger partial charge in [-0.2, -0.15) is 0 Å². The number of fused-ring (bicyclic) bond motifs is 1. The molecule has 0 aliphatic heterocycles. The van der Waals surface area contributed by atoms with Gasteiger partial charge >= 0.3 is 0 Å². The quantitative estimate of drug-likeness (QED) is 0.609. The molecule has 0 fully saturated rings. The summed E-state index contributed by atoms with van der Waals surface area (Å²) in [6.07, 6.45) is 0. The van der Waals surface area contributed by atoms with E-state index in [2.05, 4.69) is 56.8 Å². The molecule has 0 aliphatic carbocycles. The lowest BCUT2D eigenvalue weighted by atomic mass is 9.98. The Morgan fingerprint density at radius 1 is 1.00 bits per heavy atom. The summed E-state index contributed by atoms with van der Waals surface area (Å²) in [4.78, 5) is 0. The molecule has 0 amide bonds. The maximum absolute atomic E-state index is 3.99. The average molecular weight is 212 g/mol. The van der Waals surface area contributed by atoms with Gasteiger partial charge < -0.3 is 0 Å². The van der Waals surface area contributed by atoms with E-state index in [1.165, 1.54) is 21.9 Å². The second kappa shape index (κ2) is 5.50. The fraction of sp³-hybridized carbons (Fsp3) is 0.250. The van der Waals surface area contributed by atoms with Crippen LogP contribution in [0.3, 0.4) is 0 Å². The highest BCUT2D eigenvalue weighted by Gasteiger charge is 2.00. The first-order chi connectivity index (χ1) is 7.68. The molecule has 84 valence electrons. The molecule has 2 aromatic rings. The Labute approximate surface area is 98.6 Å². The van der Waals surface area contributed by atoms with Crippen molar-refractivity contribution in [2.45, 2.75) is 27.7 Å². The van der Waals surface area contributed by atoms with Crippen LogP contribution in [0.15, 0.2) is 43.0 Å². The zero-order chi connectivity index (χ0) is 12.1. The molecule has 0 heterocycles. The van der Waals surface area contributed by atoms with Crippen LogP contribution in [-0.4, -0.2) is 0 Å². The van der Waals surface area contributed by atoms with E-state index in [9.17, 15) is 0 Å². The third-order valence-electron chi connectivity index (χ3n) is 2.55. The monoisotopic (exact) mass is 212 g/mol. The van der Waals surface area contributed by atoms with Crippen LogP contribution in [0.5, 0.6) is 0 Å². The van der Waals surface area contributed by atoms with Crippen LogP contribution in [0.1, 0.15) is 31.9 Å². The van der Waals surface area contributed by atoms with Gasteiger partial charge in [0.15, 0.2) is 0 Å². The number of hydrogen-bond acceptors (Lipinski definition) is 0. The summed E-state index contributed by atoms with van der Waals surface area (Å²) >= 11 is 0. The van der Waals surface area contributed by atoms with Crippen LogP contribution >= 0.6 is 0 Å². The van der Waals surface area contributed by atoms with Crippen molar-refractivity contribution < 1.29 is 0 Å². The number of allylic oxidation sites excluding steroid dienone is 1. The predicted molar refractivity (Wildman–Crippen MR) is 74.7 cm³/mol. The van der Waals surface area contributed by atoms with Crippen LogP contribution in [0.2, 0.25) is 0 Å². The van der Waals surface area contributed by atoms with Crippen molar-refractivity contribution in [2.24, 2.45) is 0 Å². The van der Waals surface area contributed by atoms with E-state index in [0.29, 0.717) is 0 Å². The fourth-order valence-electron chi connectivity index (χ4n) is 1.81. The van der Waals surface area contributed by atoms with Gasteiger partial charge in [-0.15, -0.1) is 0 Å². The molecule has 0 aromatic heterocycles. The van der Waals surface area contributed by atoms with Crippen LogP contribution in [0.4, 0.5) is 0 Å². The number of hydrogen-bond donors (Lipinski definition) is 0. The van der Waals surface area contributed by atoms with Crippen molar-refractivity contribution >= 4 is 16.3 Å². The van der Waals surface area contributed by atoms with Crippen LogP contribution in [0, 0.1) is 6.92 Å². The first-order valence-electron chi connectivity index (χ1n) is 5.84. The van der Waals surface area contributed by atoms with E-state index in [1.807, 2.05) is 13.8 Å². The Balaban J connectivity index is 0.000000606. The highest BCUT2D eigenvalue weighted by Crippen LogP contribution is 2.23. The second-order valence-electron chi connectivity index (χ2n) is 3.79. The predicted octanol–water partition coefficient (Wildman–Crippen LogP) is 5.21. The minimum atomic E-state index is 1.13. The van der Waals surface area contributed by atoms with Crippen molar-refractivity contribution in [3.8, 4) is 0 Å². The summed E-state index contributed by atoms with van der Waals surface area (Å²) in [5, 5.41) is 2.59. The number of aryl methyl sites for hydroxylation is 1. The molecule has 16 heavy (non-hydrogen) atoms. The molecule has 0 saturated carbocycles. The molecule has 0 unspecified atom stereocenters. The molecule has 0 nitrogen and oxygen atoms in total.